The topological polar surface area (TPSA) is 29.3 Å². The Labute approximate surface area is 127 Å². The van der Waals surface area contributed by atoms with Crippen LogP contribution in [0.4, 0.5) is 11.4 Å². The zero-order chi connectivity index (χ0) is 14.0. The Kier molecular flexibility index (Phi) is 4.38. The van der Waals surface area contributed by atoms with Crippen LogP contribution in [0.3, 0.4) is 0 Å². The Morgan fingerprint density at radius 2 is 1.95 bits per heavy atom. The third kappa shape index (κ3) is 3.23. The Morgan fingerprint density at radius 3 is 2.63 bits per heavy atom. The van der Waals surface area contributed by atoms with Crippen molar-refractivity contribution in [1.82, 2.24) is 0 Å². The maximum absolute atomic E-state index is 6.05. The molecule has 19 heavy (non-hydrogen) atoms. The van der Waals surface area contributed by atoms with E-state index in [2.05, 4.69) is 33.8 Å². The van der Waals surface area contributed by atoms with Crippen molar-refractivity contribution in [1.29, 1.82) is 0 Å². The summed E-state index contributed by atoms with van der Waals surface area (Å²) < 4.78 is 1.02. The minimum atomic E-state index is 0.190. The molecule has 1 unspecified atom stereocenters. The van der Waals surface area contributed by atoms with Gasteiger partial charge in [-0.25, -0.2) is 0 Å². The van der Waals surface area contributed by atoms with Crippen molar-refractivity contribution in [3.8, 4) is 0 Å². The number of nitrogens with zero attached hydrogens (tertiary/aromatic N) is 1. The van der Waals surface area contributed by atoms with Crippen LogP contribution in [0.15, 0.2) is 46.9 Å². The zero-order valence-electron chi connectivity index (χ0n) is 10.9. The predicted molar refractivity (Wildman–Crippen MR) is 86.8 cm³/mol. The highest BCUT2D eigenvalue weighted by Gasteiger charge is 2.15. The number of hydrogen-bond acceptors (Lipinski definition) is 2. The predicted octanol–water partition coefficient (Wildman–Crippen LogP) is 4.88. The first kappa shape index (κ1) is 14.2. The summed E-state index contributed by atoms with van der Waals surface area (Å²) in [6.07, 6.45) is 0. The average molecular weight is 340 g/mol. The molecule has 0 bridgehead atoms. The second-order valence-electron chi connectivity index (χ2n) is 4.55. The summed E-state index contributed by atoms with van der Waals surface area (Å²) in [5.74, 6) is 0. The van der Waals surface area contributed by atoms with E-state index in [0.717, 1.165) is 26.4 Å². The van der Waals surface area contributed by atoms with Crippen LogP contribution in [-0.4, -0.2) is 7.05 Å². The summed E-state index contributed by atoms with van der Waals surface area (Å²) in [5.41, 5.74) is 8.97. The highest BCUT2D eigenvalue weighted by atomic mass is 79.9. The molecule has 0 fully saturated rings. The Hall–Kier alpha value is -1.19. The van der Waals surface area contributed by atoms with Crippen molar-refractivity contribution in [2.75, 3.05) is 17.7 Å². The monoisotopic (exact) mass is 338 g/mol. The molecule has 2 N–H and O–H groups in total. The minimum absolute atomic E-state index is 0.190. The summed E-state index contributed by atoms with van der Waals surface area (Å²) in [7, 11) is 2.03. The van der Waals surface area contributed by atoms with E-state index in [-0.39, 0.29) is 6.04 Å². The van der Waals surface area contributed by atoms with E-state index in [9.17, 15) is 0 Å². The van der Waals surface area contributed by atoms with Gasteiger partial charge in [-0.1, -0.05) is 39.7 Å². The Balaban J connectivity index is 2.33. The Bertz CT molecular complexity index is 586. The third-order valence-corrected chi connectivity index (χ3v) is 4.01. The number of benzene rings is 2. The maximum Gasteiger partial charge on any atom is 0.0613 e. The molecule has 0 aromatic heterocycles. The summed E-state index contributed by atoms with van der Waals surface area (Å²) in [4.78, 5) is 2.14. The summed E-state index contributed by atoms with van der Waals surface area (Å²) in [5, 5.41) is 0.750. The maximum atomic E-state index is 6.05. The first-order valence-electron chi connectivity index (χ1n) is 6.02. The highest BCUT2D eigenvalue weighted by molar-refractivity contribution is 9.10. The molecule has 0 saturated carbocycles. The van der Waals surface area contributed by atoms with E-state index >= 15 is 0 Å². The highest BCUT2D eigenvalue weighted by Crippen LogP contribution is 2.32. The van der Waals surface area contributed by atoms with Gasteiger partial charge >= 0.3 is 0 Å². The number of halogens is 2. The molecule has 0 amide bonds. The van der Waals surface area contributed by atoms with Crippen LogP contribution >= 0.6 is 27.5 Å². The van der Waals surface area contributed by atoms with Gasteiger partial charge in [0.2, 0.25) is 0 Å². The van der Waals surface area contributed by atoms with Crippen LogP contribution < -0.4 is 10.6 Å². The lowest BCUT2D eigenvalue weighted by Gasteiger charge is -2.28. The van der Waals surface area contributed by atoms with Crippen molar-refractivity contribution in [3.63, 3.8) is 0 Å². The van der Waals surface area contributed by atoms with Crippen LogP contribution in [0.1, 0.15) is 18.5 Å². The van der Waals surface area contributed by atoms with Gasteiger partial charge in [-0.05, 0) is 42.8 Å². The molecule has 100 valence electrons. The fraction of sp³-hybridized carbons (Fsp3) is 0.200. The van der Waals surface area contributed by atoms with Crippen LogP contribution in [0, 0.1) is 0 Å². The molecule has 0 aliphatic carbocycles. The minimum Gasteiger partial charge on any atom is -0.397 e. The summed E-state index contributed by atoms with van der Waals surface area (Å²) >= 11 is 9.52. The van der Waals surface area contributed by atoms with E-state index in [1.54, 1.807) is 0 Å². The molecule has 2 nitrogen and oxygen atoms in total. The van der Waals surface area contributed by atoms with Crippen LogP contribution in [0.2, 0.25) is 5.02 Å². The van der Waals surface area contributed by atoms with E-state index < -0.39 is 0 Å². The number of anilines is 2. The fourth-order valence-electron chi connectivity index (χ4n) is 2.02. The van der Waals surface area contributed by atoms with Gasteiger partial charge in [0.05, 0.1) is 17.4 Å². The van der Waals surface area contributed by atoms with E-state index in [1.807, 2.05) is 43.4 Å². The van der Waals surface area contributed by atoms with E-state index in [0.29, 0.717) is 0 Å². The molecular formula is C15H16BrClN2. The van der Waals surface area contributed by atoms with Gasteiger partial charge in [-0.2, -0.15) is 0 Å². The van der Waals surface area contributed by atoms with Gasteiger partial charge in [0.1, 0.15) is 0 Å². The summed E-state index contributed by atoms with van der Waals surface area (Å²) in [6, 6.07) is 14.0. The molecular weight excluding hydrogens is 324 g/mol. The SMILES string of the molecule is CC(c1cccc(Cl)c1)N(C)c1cc(Br)ccc1N. The number of nitrogens with two attached hydrogens (primary N) is 1. The van der Waals surface area contributed by atoms with E-state index in [1.165, 1.54) is 0 Å². The largest absolute Gasteiger partial charge is 0.397 e. The molecule has 0 heterocycles. The van der Waals surface area contributed by atoms with Crippen LogP contribution in [0.25, 0.3) is 0 Å². The molecule has 0 spiro atoms. The fourth-order valence-corrected chi connectivity index (χ4v) is 2.57. The van der Waals surface area contributed by atoms with Crippen molar-refractivity contribution in [2.24, 2.45) is 0 Å². The Morgan fingerprint density at radius 1 is 1.21 bits per heavy atom. The first-order chi connectivity index (χ1) is 8.99. The number of hydrogen-bond donors (Lipinski definition) is 1. The van der Waals surface area contributed by atoms with Crippen LogP contribution in [0.5, 0.6) is 0 Å². The van der Waals surface area contributed by atoms with Crippen LogP contribution in [-0.2, 0) is 0 Å². The number of rotatable bonds is 3. The molecule has 2 aromatic rings. The zero-order valence-corrected chi connectivity index (χ0v) is 13.2. The van der Waals surface area contributed by atoms with Gasteiger partial charge in [-0.15, -0.1) is 0 Å². The normalized spacial score (nSPS) is 12.2. The lowest BCUT2D eigenvalue weighted by Crippen LogP contribution is -2.22. The molecule has 0 aliphatic heterocycles. The summed E-state index contributed by atoms with van der Waals surface area (Å²) in [6.45, 7) is 2.13. The second-order valence-corrected chi connectivity index (χ2v) is 5.90. The van der Waals surface area contributed by atoms with Gasteiger partial charge in [0.25, 0.3) is 0 Å². The third-order valence-electron chi connectivity index (χ3n) is 3.28. The lowest BCUT2D eigenvalue weighted by atomic mass is 10.1. The first-order valence-corrected chi connectivity index (χ1v) is 7.19. The molecule has 0 aliphatic rings. The van der Waals surface area contributed by atoms with Crippen molar-refractivity contribution >= 4 is 38.9 Å². The molecule has 0 saturated heterocycles. The second kappa shape index (κ2) is 5.85. The quantitative estimate of drug-likeness (QED) is 0.807. The molecule has 1 atom stereocenters. The van der Waals surface area contributed by atoms with Gasteiger partial charge in [-0.3, -0.25) is 0 Å². The molecule has 4 heteroatoms. The van der Waals surface area contributed by atoms with E-state index in [4.69, 9.17) is 17.3 Å². The van der Waals surface area contributed by atoms with Crippen molar-refractivity contribution in [3.05, 3.63) is 57.5 Å². The smallest absolute Gasteiger partial charge is 0.0613 e. The van der Waals surface area contributed by atoms with Gasteiger partial charge in [0, 0.05) is 16.5 Å². The van der Waals surface area contributed by atoms with Crippen molar-refractivity contribution in [2.45, 2.75) is 13.0 Å². The number of nitrogen functional groups attached to an aromatic ring is 1. The molecule has 0 radical (unpaired) electrons. The van der Waals surface area contributed by atoms with Gasteiger partial charge < -0.3 is 10.6 Å². The molecule has 2 aromatic carbocycles. The average Bonchev–Trinajstić information content (AvgIpc) is 2.40. The molecule has 2 rings (SSSR count). The van der Waals surface area contributed by atoms with Gasteiger partial charge in [0.15, 0.2) is 0 Å². The standard InChI is InChI=1S/C15H16BrClN2/c1-10(11-4-3-5-13(17)8-11)19(2)15-9-12(16)6-7-14(15)18/h3-10H,18H2,1-2H3. The van der Waals surface area contributed by atoms with Crippen molar-refractivity contribution < 1.29 is 0 Å². The lowest BCUT2D eigenvalue weighted by molar-refractivity contribution is 0.741.